The highest BCUT2D eigenvalue weighted by Crippen LogP contribution is 2.41. The van der Waals surface area contributed by atoms with Gasteiger partial charge in [-0.15, -0.1) is 11.3 Å². The Morgan fingerprint density at radius 1 is 1.03 bits per heavy atom. The third kappa shape index (κ3) is 4.93. The van der Waals surface area contributed by atoms with E-state index in [-0.39, 0.29) is 11.3 Å². The summed E-state index contributed by atoms with van der Waals surface area (Å²) >= 11 is 6.92. The summed E-state index contributed by atoms with van der Waals surface area (Å²) in [6.07, 6.45) is -0.159. The highest BCUT2D eigenvalue weighted by molar-refractivity contribution is 7.17. The fourth-order valence-electron chi connectivity index (χ4n) is 4.69. The lowest BCUT2D eigenvalue weighted by Crippen LogP contribution is -2.36. The summed E-state index contributed by atoms with van der Waals surface area (Å²) in [5.74, 6) is -3.59. The van der Waals surface area contributed by atoms with Crippen LogP contribution in [-0.4, -0.2) is 22.9 Å². The van der Waals surface area contributed by atoms with Crippen molar-refractivity contribution in [2.75, 3.05) is 10.6 Å². The van der Waals surface area contributed by atoms with Crippen LogP contribution < -0.4 is 10.6 Å². The van der Waals surface area contributed by atoms with Crippen LogP contribution in [0, 0.1) is 11.8 Å². The molecule has 182 valence electrons. The maximum Gasteiger partial charge on any atom is 0.417 e. The number of carboxylic acid groups (broad SMARTS) is 1. The van der Waals surface area contributed by atoms with Gasteiger partial charge in [0, 0.05) is 10.6 Å². The van der Waals surface area contributed by atoms with Crippen LogP contribution >= 0.6 is 22.9 Å². The van der Waals surface area contributed by atoms with Gasteiger partial charge in [-0.05, 0) is 55.9 Å². The smallest absolute Gasteiger partial charge is 0.417 e. The van der Waals surface area contributed by atoms with Crippen LogP contribution in [0.5, 0.6) is 0 Å². The molecule has 1 heterocycles. The minimum absolute atomic E-state index is 0.0739. The number of aliphatic carboxylic acids is 1. The normalized spacial score (nSPS) is 20.0. The number of alkyl halides is 3. The molecular weight excluding hydrogens is 493 g/mol. The number of aryl methyl sites for hydroxylation is 1. The third-order valence-corrected chi connectivity index (χ3v) is 7.87. The van der Waals surface area contributed by atoms with Crippen molar-refractivity contribution in [3.05, 3.63) is 44.8 Å². The molecule has 11 heteroatoms. The van der Waals surface area contributed by atoms with Gasteiger partial charge in [-0.1, -0.05) is 24.4 Å². The molecule has 2 aromatic rings. The highest BCUT2D eigenvalue weighted by atomic mass is 35.5. The first-order valence-corrected chi connectivity index (χ1v) is 12.1. The SMILES string of the molecule is O=C(Nc1ccc(Cl)c(C(F)(F)F)c1)c1c(NC(=O)C2CCCCC2C(=O)O)sc2c1CCC2. The van der Waals surface area contributed by atoms with Crippen molar-refractivity contribution in [1.29, 1.82) is 0 Å². The summed E-state index contributed by atoms with van der Waals surface area (Å²) in [4.78, 5) is 38.7. The molecule has 34 heavy (non-hydrogen) atoms. The number of hydrogen-bond donors (Lipinski definition) is 3. The molecular formula is C23H22ClF3N2O4S. The Bertz CT molecular complexity index is 1150. The van der Waals surface area contributed by atoms with Crippen molar-refractivity contribution in [3.8, 4) is 0 Å². The first kappa shape index (κ1) is 24.5. The average Bonchev–Trinajstić information content (AvgIpc) is 3.35. The Kier molecular flexibility index (Phi) is 6.91. The van der Waals surface area contributed by atoms with Crippen LogP contribution in [0.3, 0.4) is 0 Å². The monoisotopic (exact) mass is 514 g/mol. The Labute approximate surface area is 202 Å². The molecule has 1 aromatic heterocycles. The summed E-state index contributed by atoms with van der Waals surface area (Å²) in [5.41, 5.74) is -0.151. The van der Waals surface area contributed by atoms with Gasteiger partial charge in [-0.25, -0.2) is 0 Å². The standard InChI is InChI=1S/C23H22ClF3N2O4S/c24-16-9-8-11(10-15(16)23(25,26)27)28-20(31)18-14-6-3-7-17(14)34-21(18)29-19(30)12-4-1-2-5-13(12)22(32)33/h8-10,12-13H,1-7H2,(H,28,31)(H,29,30)(H,32,33). The van der Waals surface area contributed by atoms with Gasteiger partial charge in [-0.3, -0.25) is 14.4 Å². The summed E-state index contributed by atoms with van der Waals surface area (Å²) in [5, 5.41) is 14.6. The summed E-state index contributed by atoms with van der Waals surface area (Å²) in [7, 11) is 0. The van der Waals surface area contributed by atoms with E-state index in [0.717, 1.165) is 48.3 Å². The molecule has 1 fully saturated rings. The lowest BCUT2D eigenvalue weighted by Gasteiger charge is -2.27. The zero-order chi connectivity index (χ0) is 24.6. The molecule has 3 N–H and O–H groups in total. The predicted molar refractivity (Wildman–Crippen MR) is 122 cm³/mol. The number of carboxylic acids is 1. The number of nitrogens with one attached hydrogen (secondary N) is 2. The van der Waals surface area contributed by atoms with Gasteiger partial charge in [0.1, 0.15) is 5.00 Å². The lowest BCUT2D eigenvalue weighted by atomic mass is 9.79. The topological polar surface area (TPSA) is 95.5 Å². The van der Waals surface area contributed by atoms with Gasteiger partial charge in [0.15, 0.2) is 0 Å². The lowest BCUT2D eigenvalue weighted by molar-refractivity contribution is -0.147. The number of carbonyl (C=O) groups excluding carboxylic acids is 2. The number of halogens is 4. The van der Waals surface area contributed by atoms with Crippen molar-refractivity contribution < 1.29 is 32.7 Å². The Morgan fingerprint density at radius 3 is 2.41 bits per heavy atom. The Balaban J connectivity index is 1.60. The van der Waals surface area contributed by atoms with Crippen LogP contribution in [0.2, 0.25) is 5.02 Å². The molecule has 2 amide bonds. The molecule has 0 saturated heterocycles. The van der Waals surface area contributed by atoms with E-state index < -0.39 is 46.4 Å². The first-order chi connectivity index (χ1) is 16.1. The Hall–Kier alpha value is -2.59. The maximum atomic E-state index is 13.2. The highest BCUT2D eigenvalue weighted by Gasteiger charge is 2.37. The van der Waals surface area contributed by atoms with Crippen molar-refractivity contribution in [2.24, 2.45) is 11.8 Å². The number of thiophene rings is 1. The number of amides is 2. The predicted octanol–water partition coefficient (Wildman–Crippen LogP) is 5.99. The van der Waals surface area contributed by atoms with Crippen molar-refractivity contribution in [2.45, 2.75) is 51.1 Å². The molecule has 2 unspecified atom stereocenters. The third-order valence-electron chi connectivity index (χ3n) is 6.33. The molecule has 0 radical (unpaired) electrons. The fourth-order valence-corrected chi connectivity index (χ4v) is 6.21. The van der Waals surface area contributed by atoms with E-state index in [1.165, 1.54) is 17.4 Å². The first-order valence-electron chi connectivity index (χ1n) is 10.9. The van der Waals surface area contributed by atoms with Crippen LogP contribution in [0.1, 0.15) is 58.5 Å². The van der Waals surface area contributed by atoms with E-state index in [0.29, 0.717) is 24.3 Å². The van der Waals surface area contributed by atoms with Crippen molar-refractivity contribution in [3.63, 3.8) is 0 Å². The molecule has 1 aromatic carbocycles. The van der Waals surface area contributed by atoms with Crippen molar-refractivity contribution >= 4 is 51.4 Å². The zero-order valence-corrected chi connectivity index (χ0v) is 19.5. The number of benzene rings is 1. The average molecular weight is 515 g/mol. The summed E-state index contributed by atoms with van der Waals surface area (Å²) in [6.45, 7) is 0. The second kappa shape index (κ2) is 9.58. The number of rotatable bonds is 5. The van der Waals surface area contributed by atoms with E-state index in [2.05, 4.69) is 10.6 Å². The molecule has 2 aliphatic rings. The molecule has 4 rings (SSSR count). The van der Waals surface area contributed by atoms with E-state index in [1.807, 2.05) is 0 Å². The molecule has 0 bridgehead atoms. The van der Waals surface area contributed by atoms with Crippen LogP contribution in [0.15, 0.2) is 18.2 Å². The quantitative estimate of drug-likeness (QED) is 0.456. The van der Waals surface area contributed by atoms with Gasteiger partial charge in [0.25, 0.3) is 5.91 Å². The van der Waals surface area contributed by atoms with E-state index in [4.69, 9.17) is 11.6 Å². The Morgan fingerprint density at radius 2 is 1.74 bits per heavy atom. The molecule has 0 aliphatic heterocycles. The minimum atomic E-state index is -4.68. The molecule has 1 saturated carbocycles. The molecule has 2 atom stereocenters. The number of carbonyl (C=O) groups is 3. The van der Waals surface area contributed by atoms with E-state index in [9.17, 15) is 32.7 Å². The van der Waals surface area contributed by atoms with Gasteiger partial charge < -0.3 is 15.7 Å². The maximum absolute atomic E-state index is 13.2. The van der Waals surface area contributed by atoms with Gasteiger partial charge in [0.2, 0.25) is 5.91 Å². The van der Waals surface area contributed by atoms with Crippen LogP contribution in [-0.2, 0) is 28.6 Å². The summed E-state index contributed by atoms with van der Waals surface area (Å²) < 4.78 is 39.6. The molecule has 6 nitrogen and oxygen atoms in total. The van der Waals surface area contributed by atoms with Crippen LogP contribution in [0.4, 0.5) is 23.9 Å². The van der Waals surface area contributed by atoms with Gasteiger partial charge in [0.05, 0.1) is 28.0 Å². The van der Waals surface area contributed by atoms with Gasteiger partial charge >= 0.3 is 12.1 Å². The van der Waals surface area contributed by atoms with Crippen LogP contribution in [0.25, 0.3) is 0 Å². The molecule has 2 aliphatic carbocycles. The van der Waals surface area contributed by atoms with Gasteiger partial charge in [-0.2, -0.15) is 13.2 Å². The molecule has 0 spiro atoms. The van der Waals surface area contributed by atoms with Crippen molar-refractivity contribution in [1.82, 2.24) is 0 Å². The minimum Gasteiger partial charge on any atom is -0.481 e. The second-order valence-electron chi connectivity index (χ2n) is 8.53. The number of hydrogen-bond acceptors (Lipinski definition) is 4. The van der Waals surface area contributed by atoms with E-state index in [1.54, 1.807) is 0 Å². The number of fused-ring (bicyclic) bond motifs is 1. The number of anilines is 2. The van der Waals surface area contributed by atoms with E-state index >= 15 is 0 Å². The zero-order valence-electron chi connectivity index (χ0n) is 17.9. The largest absolute Gasteiger partial charge is 0.481 e. The fraction of sp³-hybridized carbons (Fsp3) is 0.435. The summed E-state index contributed by atoms with van der Waals surface area (Å²) in [6, 6.07) is 3.11. The second-order valence-corrected chi connectivity index (χ2v) is 10.0.